The molecule has 0 radical (unpaired) electrons. The highest BCUT2D eigenvalue weighted by atomic mass is 33.1. The van der Waals surface area contributed by atoms with E-state index in [-0.39, 0.29) is 5.91 Å². The molecule has 3 nitrogen and oxygen atoms in total. The van der Waals surface area contributed by atoms with E-state index in [9.17, 15) is 4.79 Å². The van der Waals surface area contributed by atoms with Gasteiger partial charge in [-0.1, -0.05) is 21.6 Å². The van der Waals surface area contributed by atoms with Crippen LogP contribution in [0.25, 0.3) is 0 Å². The molecule has 0 heterocycles. The van der Waals surface area contributed by atoms with Crippen LogP contribution in [0.4, 0.5) is 0 Å². The minimum atomic E-state index is -0.0818. The van der Waals surface area contributed by atoms with E-state index in [1.54, 1.807) is 21.6 Å². The van der Waals surface area contributed by atoms with Crippen LogP contribution < -0.4 is 11.3 Å². The first-order valence-electron chi connectivity index (χ1n) is 2.96. The number of carbonyl (C=O) groups is 1. The van der Waals surface area contributed by atoms with Crippen LogP contribution in [0.1, 0.15) is 12.8 Å². The molecule has 5 heteroatoms. The van der Waals surface area contributed by atoms with E-state index in [2.05, 4.69) is 5.43 Å². The highest BCUT2D eigenvalue weighted by molar-refractivity contribution is 8.76. The molecule has 0 aromatic rings. The molecule has 0 saturated carbocycles. The van der Waals surface area contributed by atoms with Gasteiger partial charge in [-0.3, -0.25) is 10.2 Å². The van der Waals surface area contributed by atoms with Crippen LogP contribution in [0.5, 0.6) is 0 Å². The minimum absolute atomic E-state index is 0.0818. The van der Waals surface area contributed by atoms with Gasteiger partial charge in [-0.25, -0.2) is 5.84 Å². The number of carbonyl (C=O) groups excluding carboxylic acids is 1. The maximum absolute atomic E-state index is 10.5. The quantitative estimate of drug-likeness (QED) is 0.216. The van der Waals surface area contributed by atoms with Gasteiger partial charge in [-0.2, -0.15) is 0 Å². The lowest BCUT2D eigenvalue weighted by atomic mass is 10.3. The molecule has 60 valence electrons. The van der Waals surface area contributed by atoms with Crippen molar-refractivity contribution < 1.29 is 4.79 Å². The van der Waals surface area contributed by atoms with E-state index in [1.165, 1.54) is 0 Å². The summed E-state index contributed by atoms with van der Waals surface area (Å²) in [6.07, 6.45) is 3.45. The molecule has 0 saturated heterocycles. The SMILES string of the molecule is CSSCCCC(=O)NN. The van der Waals surface area contributed by atoms with E-state index in [0.717, 1.165) is 12.2 Å². The van der Waals surface area contributed by atoms with Crippen molar-refractivity contribution in [3.8, 4) is 0 Å². The monoisotopic (exact) mass is 180 g/mol. The van der Waals surface area contributed by atoms with Crippen molar-refractivity contribution in [3.05, 3.63) is 0 Å². The molecule has 0 aromatic carbocycles. The Bertz CT molecular complexity index is 99.6. The molecule has 0 bridgehead atoms. The average molecular weight is 180 g/mol. The number of hydrogen-bond acceptors (Lipinski definition) is 4. The molecule has 3 N–H and O–H groups in total. The third-order valence-electron chi connectivity index (χ3n) is 0.910. The van der Waals surface area contributed by atoms with Crippen LogP contribution in [-0.4, -0.2) is 17.9 Å². The minimum Gasteiger partial charge on any atom is -0.294 e. The van der Waals surface area contributed by atoms with Crippen LogP contribution in [-0.2, 0) is 4.79 Å². The summed E-state index contributed by atoms with van der Waals surface area (Å²) in [4.78, 5) is 10.5. The summed E-state index contributed by atoms with van der Waals surface area (Å²) in [5, 5.41) is 0. The molecule has 0 spiro atoms. The van der Waals surface area contributed by atoms with Gasteiger partial charge in [0.25, 0.3) is 0 Å². The van der Waals surface area contributed by atoms with Gasteiger partial charge in [0.15, 0.2) is 0 Å². The Balaban J connectivity index is 2.96. The molecular weight excluding hydrogens is 168 g/mol. The second kappa shape index (κ2) is 7.24. The molecule has 1 amide bonds. The van der Waals surface area contributed by atoms with Crippen molar-refractivity contribution in [2.45, 2.75) is 12.8 Å². The van der Waals surface area contributed by atoms with Crippen LogP contribution >= 0.6 is 21.6 Å². The Hall–Kier alpha value is 0.130. The van der Waals surface area contributed by atoms with E-state index >= 15 is 0 Å². The maximum atomic E-state index is 10.5. The Morgan fingerprint density at radius 1 is 1.70 bits per heavy atom. The van der Waals surface area contributed by atoms with Gasteiger partial charge in [0.05, 0.1) is 0 Å². The van der Waals surface area contributed by atoms with Crippen LogP contribution in [0.15, 0.2) is 0 Å². The number of amides is 1. The fourth-order valence-electron chi connectivity index (χ4n) is 0.447. The number of nitrogens with two attached hydrogens (primary N) is 1. The van der Waals surface area contributed by atoms with Gasteiger partial charge < -0.3 is 0 Å². The lowest BCUT2D eigenvalue weighted by molar-refractivity contribution is -0.121. The highest BCUT2D eigenvalue weighted by Crippen LogP contribution is 2.17. The Kier molecular flexibility index (Phi) is 7.33. The van der Waals surface area contributed by atoms with Crippen LogP contribution in [0, 0.1) is 0 Å². The third kappa shape index (κ3) is 6.25. The summed E-state index contributed by atoms with van der Waals surface area (Å²) >= 11 is 0. The molecule has 0 unspecified atom stereocenters. The topological polar surface area (TPSA) is 55.1 Å². The van der Waals surface area contributed by atoms with Gasteiger partial charge in [-0.15, -0.1) is 0 Å². The summed E-state index contributed by atoms with van der Waals surface area (Å²) in [5.74, 6) is 5.80. The highest BCUT2D eigenvalue weighted by Gasteiger charge is 1.96. The lowest BCUT2D eigenvalue weighted by Gasteiger charge is -1.97. The number of hydrazine groups is 1. The van der Waals surface area contributed by atoms with Gasteiger partial charge >= 0.3 is 0 Å². The van der Waals surface area contributed by atoms with Crippen LogP contribution in [0.2, 0.25) is 0 Å². The predicted molar refractivity (Wildman–Crippen MR) is 47.5 cm³/mol. The molecule has 0 aliphatic rings. The van der Waals surface area contributed by atoms with Crippen molar-refractivity contribution in [2.24, 2.45) is 5.84 Å². The molecule has 0 aromatic heterocycles. The summed E-state index contributed by atoms with van der Waals surface area (Å²) < 4.78 is 0. The van der Waals surface area contributed by atoms with Crippen molar-refractivity contribution >= 4 is 27.5 Å². The van der Waals surface area contributed by atoms with Crippen molar-refractivity contribution in [3.63, 3.8) is 0 Å². The second-order valence-electron chi connectivity index (χ2n) is 1.66. The molecular formula is C5H12N2OS2. The van der Waals surface area contributed by atoms with E-state index < -0.39 is 0 Å². The zero-order chi connectivity index (χ0) is 7.82. The Morgan fingerprint density at radius 2 is 2.40 bits per heavy atom. The summed E-state index contributed by atoms with van der Waals surface area (Å²) in [6.45, 7) is 0. The maximum Gasteiger partial charge on any atom is 0.233 e. The first kappa shape index (κ1) is 10.1. The van der Waals surface area contributed by atoms with Gasteiger partial charge in [0.2, 0.25) is 5.91 Å². The van der Waals surface area contributed by atoms with Gasteiger partial charge in [0.1, 0.15) is 0 Å². The molecule has 0 aliphatic heterocycles. The molecule has 0 fully saturated rings. The van der Waals surface area contributed by atoms with E-state index in [4.69, 9.17) is 5.84 Å². The summed E-state index contributed by atoms with van der Waals surface area (Å²) in [6, 6.07) is 0. The lowest BCUT2D eigenvalue weighted by Crippen LogP contribution is -2.29. The van der Waals surface area contributed by atoms with E-state index in [0.29, 0.717) is 6.42 Å². The molecule has 0 aliphatic carbocycles. The number of nitrogens with one attached hydrogen (secondary N) is 1. The zero-order valence-electron chi connectivity index (χ0n) is 5.92. The van der Waals surface area contributed by atoms with Crippen LogP contribution in [0.3, 0.4) is 0 Å². The normalized spacial score (nSPS) is 9.40. The Morgan fingerprint density at radius 3 is 2.90 bits per heavy atom. The fraction of sp³-hybridized carbons (Fsp3) is 0.800. The standard InChI is InChI=1S/C5H12N2OS2/c1-9-10-4-2-3-5(8)7-6/h2-4,6H2,1H3,(H,7,8). The average Bonchev–Trinajstić information content (AvgIpc) is 1.98. The van der Waals surface area contributed by atoms with Crippen molar-refractivity contribution in [2.75, 3.05) is 12.0 Å². The smallest absolute Gasteiger partial charge is 0.233 e. The zero-order valence-corrected chi connectivity index (χ0v) is 7.56. The number of rotatable bonds is 5. The van der Waals surface area contributed by atoms with Gasteiger partial charge in [-0.05, 0) is 12.7 Å². The summed E-state index contributed by atoms with van der Waals surface area (Å²) in [5.41, 5.74) is 2.09. The van der Waals surface area contributed by atoms with Crippen molar-refractivity contribution in [1.82, 2.24) is 5.43 Å². The summed E-state index contributed by atoms with van der Waals surface area (Å²) in [7, 11) is 3.47. The fourth-order valence-corrected chi connectivity index (χ4v) is 1.73. The largest absolute Gasteiger partial charge is 0.294 e. The van der Waals surface area contributed by atoms with E-state index in [1.807, 2.05) is 6.26 Å². The number of hydrogen-bond donors (Lipinski definition) is 2. The molecule has 0 atom stereocenters. The van der Waals surface area contributed by atoms with Gasteiger partial charge in [0, 0.05) is 12.2 Å². The first-order chi connectivity index (χ1) is 4.81. The molecule has 10 heavy (non-hydrogen) atoms. The Labute approximate surface area is 68.9 Å². The third-order valence-corrected chi connectivity index (χ3v) is 2.81. The molecule has 0 rings (SSSR count). The first-order valence-corrected chi connectivity index (χ1v) is 5.69. The van der Waals surface area contributed by atoms with Crippen molar-refractivity contribution in [1.29, 1.82) is 0 Å². The predicted octanol–water partition coefficient (Wildman–Crippen LogP) is 0.768. The second-order valence-corrected chi connectivity index (χ2v) is 4.34.